The minimum absolute atomic E-state index is 0.133. The van der Waals surface area contributed by atoms with Crippen LogP contribution in [0.2, 0.25) is 0 Å². The van der Waals surface area contributed by atoms with Crippen LogP contribution in [0.25, 0.3) is 6.08 Å². The molecule has 7 nitrogen and oxygen atoms in total. The number of thiazole rings is 1. The average Bonchev–Trinajstić information content (AvgIpc) is 3.11. The average molecular weight is 375 g/mol. The highest BCUT2D eigenvalue weighted by Crippen LogP contribution is 2.26. The van der Waals surface area contributed by atoms with E-state index in [2.05, 4.69) is 15.6 Å². The Kier molecular flexibility index (Phi) is 5.15. The molecule has 1 aliphatic heterocycles. The number of hydrogen-bond donors (Lipinski definition) is 2. The Morgan fingerprint density at radius 2 is 2.08 bits per heavy atom. The number of ether oxygens (including phenoxy) is 1. The first-order valence-electron chi connectivity index (χ1n) is 7.19. The van der Waals surface area contributed by atoms with E-state index in [-0.39, 0.29) is 17.8 Å². The topological polar surface area (TPSA) is 97.4 Å². The third kappa shape index (κ3) is 4.68. The maximum Gasteiger partial charge on any atom is 0.290 e. The van der Waals surface area contributed by atoms with Crippen LogP contribution in [0.1, 0.15) is 10.4 Å². The van der Waals surface area contributed by atoms with E-state index in [0.29, 0.717) is 15.8 Å². The minimum Gasteiger partial charge on any atom is -0.484 e. The van der Waals surface area contributed by atoms with E-state index in [4.69, 9.17) is 4.74 Å². The number of thioether (sulfide) groups is 1. The Labute approximate surface area is 151 Å². The molecular weight excluding hydrogens is 362 g/mol. The molecule has 2 heterocycles. The number of imide groups is 1. The fraction of sp³-hybridized carbons (Fsp3) is 0.125. The van der Waals surface area contributed by atoms with Gasteiger partial charge in [0.1, 0.15) is 5.75 Å². The maximum absolute atomic E-state index is 11.8. The summed E-state index contributed by atoms with van der Waals surface area (Å²) in [6.45, 7) is 1.77. The summed E-state index contributed by atoms with van der Waals surface area (Å²) in [5.74, 6) is -0.172. The van der Waals surface area contributed by atoms with E-state index in [1.54, 1.807) is 36.5 Å². The lowest BCUT2D eigenvalue weighted by Gasteiger charge is -2.06. The zero-order chi connectivity index (χ0) is 17.8. The molecular formula is C16H13N3O4S2. The molecule has 9 heteroatoms. The molecule has 2 N–H and O–H groups in total. The van der Waals surface area contributed by atoms with E-state index >= 15 is 0 Å². The maximum atomic E-state index is 11.8. The summed E-state index contributed by atoms with van der Waals surface area (Å²) in [5, 5.41) is 5.01. The molecule has 1 aromatic carbocycles. The van der Waals surface area contributed by atoms with Crippen LogP contribution < -0.4 is 15.4 Å². The Morgan fingerprint density at radius 3 is 2.68 bits per heavy atom. The van der Waals surface area contributed by atoms with Crippen molar-refractivity contribution in [3.8, 4) is 5.75 Å². The number of aryl methyl sites for hydroxylation is 1. The van der Waals surface area contributed by atoms with Gasteiger partial charge in [0.05, 0.1) is 4.91 Å². The summed E-state index contributed by atoms with van der Waals surface area (Å²) < 4.78 is 5.42. The smallest absolute Gasteiger partial charge is 0.290 e. The van der Waals surface area contributed by atoms with Gasteiger partial charge in [-0.25, -0.2) is 4.98 Å². The van der Waals surface area contributed by atoms with Crippen LogP contribution in [-0.2, 0) is 9.59 Å². The van der Waals surface area contributed by atoms with Gasteiger partial charge in [0, 0.05) is 11.1 Å². The number of nitrogens with zero attached hydrogens (tertiary/aromatic N) is 1. The molecule has 0 atom stereocenters. The Morgan fingerprint density at radius 1 is 1.32 bits per heavy atom. The largest absolute Gasteiger partial charge is 0.484 e. The second-order valence-corrected chi connectivity index (χ2v) is 7.28. The summed E-state index contributed by atoms with van der Waals surface area (Å²) in [4.78, 5) is 39.8. The third-order valence-electron chi connectivity index (χ3n) is 3.06. The second kappa shape index (κ2) is 7.49. The van der Waals surface area contributed by atoms with Crippen LogP contribution in [0.5, 0.6) is 5.75 Å². The third-order valence-corrected chi connectivity index (χ3v) is 4.70. The Bertz CT molecular complexity index is 859. The summed E-state index contributed by atoms with van der Waals surface area (Å²) >= 11 is 2.25. The van der Waals surface area contributed by atoms with Crippen molar-refractivity contribution < 1.29 is 19.1 Å². The van der Waals surface area contributed by atoms with E-state index < -0.39 is 5.91 Å². The van der Waals surface area contributed by atoms with Crippen molar-refractivity contribution in [2.45, 2.75) is 6.92 Å². The number of hydrogen-bond acceptors (Lipinski definition) is 7. The van der Waals surface area contributed by atoms with Crippen molar-refractivity contribution in [2.24, 2.45) is 0 Å². The summed E-state index contributed by atoms with van der Waals surface area (Å²) in [6.07, 6.45) is 3.30. The highest BCUT2D eigenvalue weighted by molar-refractivity contribution is 8.18. The molecule has 25 heavy (non-hydrogen) atoms. The predicted molar refractivity (Wildman–Crippen MR) is 96.5 cm³/mol. The molecule has 2 aromatic rings. The van der Waals surface area contributed by atoms with Gasteiger partial charge >= 0.3 is 0 Å². The fourth-order valence-electron chi connectivity index (χ4n) is 1.95. The minimum atomic E-state index is -0.399. The quantitative estimate of drug-likeness (QED) is 0.780. The van der Waals surface area contributed by atoms with E-state index in [1.807, 2.05) is 6.92 Å². The predicted octanol–water partition coefficient (Wildman–Crippen LogP) is 2.79. The zero-order valence-corrected chi connectivity index (χ0v) is 14.7. The van der Waals surface area contributed by atoms with Gasteiger partial charge in [0.2, 0.25) is 0 Å². The number of amides is 3. The lowest BCUT2D eigenvalue weighted by Crippen LogP contribution is -2.19. The normalized spacial score (nSPS) is 15.3. The molecule has 1 saturated heterocycles. The number of anilines is 1. The van der Waals surface area contributed by atoms with Gasteiger partial charge in [0.25, 0.3) is 17.1 Å². The highest BCUT2D eigenvalue weighted by atomic mass is 32.2. The summed E-state index contributed by atoms with van der Waals surface area (Å²) in [7, 11) is 0. The van der Waals surface area contributed by atoms with Crippen molar-refractivity contribution in [1.29, 1.82) is 0 Å². The lowest BCUT2D eigenvalue weighted by atomic mass is 10.2. The molecule has 128 valence electrons. The van der Waals surface area contributed by atoms with Crippen LogP contribution >= 0.6 is 23.1 Å². The van der Waals surface area contributed by atoms with Crippen LogP contribution in [0, 0.1) is 6.92 Å². The Balaban J connectivity index is 1.54. The van der Waals surface area contributed by atoms with Crippen molar-refractivity contribution in [3.63, 3.8) is 0 Å². The number of nitrogens with one attached hydrogen (secondary N) is 2. The van der Waals surface area contributed by atoms with Crippen molar-refractivity contribution in [1.82, 2.24) is 10.3 Å². The molecule has 0 spiro atoms. The number of aromatic nitrogens is 1. The van der Waals surface area contributed by atoms with Gasteiger partial charge in [0.15, 0.2) is 11.7 Å². The molecule has 1 fully saturated rings. The molecule has 3 rings (SSSR count). The van der Waals surface area contributed by atoms with Gasteiger partial charge in [-0.3, -0.25) is 25.0 Å². The monoisotopic (exact) mass is 375 g/mol. The summed E-state index contributed by atoms with van der Waals surface area (Å²) in [6, 6.07) is 6.85. The first-order valence-corrected chi connectivity index (χ1v) is 8.83. The van der Waals surface area contributed by atoms with Crippen molar-refractivity contribution in [2.75, 3.05) is 11.9 Å². The van der Waals surface area contributed by atoms with Crippen LogP contribution in [-0.4, -0.2) is 28.6 Å². The molecule has 0 saturated carbocycles. The van der Waals surface area contributed by atoms with Crippen molar-refractivity contribution in [3.05, 3.63) is 45.8 Å². The van der Waals surface area contributed by atoms with Crippen molar-refractivity contribution >= 4 is 51.4 Å². The van der Waals surface area contributed by atoms with Gasteiger partial charge in [-0.1, -0.05) is 12.1 Å². The number of rotatable bonds is 5. The van der Waals surface area contributed by atoms with Gasteiger partial charge in [-0.05, 0) is 42.5 Å². The molecule has 1 aromatic heterocycles. The van der Waals surface area contributed by atoms with Gasteiger partial charge in [-0.2, -0.15) is 0 Å². The highest BCUT2D eigenvalue weighted by Gasteiger charge is 2.24. The molecule has 0 radical (unpaired) electrons. The number of carbonyl (C=O) groups excluding carboxylic acids is 3. The van der Waals surface area contributed by atoms with E-state index in [1.165, 1.54) is 11.3 Å². The second-order valence-electron chi connectivity index (χ2n) is 5.03. The molecule has 1 aliphatic rings. The number of benzene rings is 1. The van der Waals surface area contributed by atoms with Crippen LogP contribution in [0.4, 0.5) is 9.93 Å². The van der Waals surface area contributed by atoms with Gasteiger partial charge in [-0.15, -0.1) is 11.3 Å². The Hall–Kier alpha value is -2.65. The molecule has 3 amide bonds. The zero-order valence-electron chi connectivity index (χ0n) is 13.1. The standard InChI is InChI=1S/C16H13N3O4S2/c1-9-7-17-15(24-9)18-13(20)8-23-11-4-2-10(3-5-11)6-12-14(21)19-16(22)25-12/h2-7H,8H2,1H3,(H,17,18,20)(H,19,21,22)/b12-6-. The number of carbonyl (C=O) groups is 3. The lowest BCUT2D eigenvalue weighted by molar-refractivity contribution is -0.118. The first-order chi connectivity index (χ1) is 12.0. The summed E-state index contributed by atoms with van der Waals surface area (Å²) in [5.41, 5.74) is 0.752. The van der Waals surface area contributed by atoms with Crippen LogP contribution in [0.3, 0.4) is 0 Å². The first kappa shape index (κ1) is 17.2. The van der Waals surface area contributed by atoms with Crippen LogP contribution in [0.15, 0.2) is 35.4 Å². The van der Waals surface area contributed by atoms with E-state index in [0.717, 1.165) is 22.2 Å². The molecule has 0 unspecified atom stereocenters. The molecule has 0 aliphatic carbocycles. The fourth-order valence-corrected chi connectivity index (χ4v) is 3.31. The SMILES string of the molecule is Cc1cnc(NC(=O)COc2ccc(/C=C3\SC(=O)NC3=O)cc2)s1. The van der Waals surface area contributed by atoms with E-state index in [9.17, 15) is 14.4 Å². The molecule has 0 bridgehead atoms. The van der Waals surface area contributed by atoms with Gasteiger partial charge < -0.3 is 4.74 Å².